The average molecular weight is 317 g/mol. The number of hydrogen-bond donors (Lipinski definition) is 0. The number of aromatic nitrogens is 1. The molecule has 0 saturated heterocycles. The molecule has 0 aliphatic carbocycles. The van der Waals surface area contributed by atoms with Gasteiger partial charge in [0.05, 0.1) is 22.0 Å². The van der Waals surface area contributed by atoms with Gasteiger partial charge >= 0.3 is 0 Å². The van der Waals surface area contributed by atoms with E-state index in [1.54, 1.807) is 18.1 Å². The van der Waals surface area contributed by atoms with Crippen LogP contribution in [0.25, 0.3) is 10.9 Å². The lowest BCUT2D eigenvalue weighted by molar-refractivity contribution is 0.0788. The molecule has 0 spiro atoms. The molecule has 2 heterocycles. The Morgan fingerprint density at radius 1 is 1.24 bits per heavy atom. The molecule has 0 aliphatic rings. The molecule has 5 heteroatoms. The van der Waals surface area contributed by atoms with Gasteiger partial charge in [-0.05, 0) is 24.3 Å². The molecule has 0 fully saturated rings. The van der Waals surface area contributed by atoms with Crippen molar-refractivity contribution in [3.05, 3.63) is 63.4 Å². The van der Waals surface area contributed by atoms with E-state index in [1.165, 1.54) is 11.3 Å². The van der Waals surface area contributed by atoms with Crippen molar-refractivity contribution in [2.75, 3.05) is 7.05 Å². The molecule has 0 aliphatic heterocycles. The number of halogens is 1. The third-order valence-electron chi connectivity index (χ3n) is 3.23. The summed E-state index contributed by atoms with van der Waals surface area (Å²) in [7, 11) is 1.79. The molecule has 3 rings (SSSR count). The van der Waals surface area contributed by atoms with Gasteiger partial charge in [0.2, 0.25) is 0 Å². The molecule has 21 heavy (non-hydrogen) atoms. The maximum Gasteiger partial charge on any atom is 0.256 e. The van der Waals surface area contributed by atoms with Crippen LogP contribution in [0.3, 0.4) is 0 Å². The molecule has 0 bridgehead atoms. The zero-order valence-corrected chi connectivity index (χ0v) is 13.0. The number of pyridine rings is 1. The Morgan fingerprint density at radius 3 is 2.81 bits per heavy atom. The molecule has 3 aromatic rings. The molecule has 1 aromatic carbocycles. The number of rotatable bonds is 3. The third kappa shape index (κ3) is 2.91. The highest BCUT2D eigenvalue weighted by Gasteiger charge is 2.16. The van der Waals surface area contributed by atoms with Gasteiger partial charge in [0.25, 0.3) is 5.91 Å². The Labute approximate surface area is 131 Å². The first-order valence-corrected chi connectivity index (χ1v) is 7.68. The number of nitrogens with zero attached hydrogens (tertiary/aromatic N) is 2. The summed E-state index contributed by atoms with van der Waals surface area (Å²) < 4.78 is 0.734. The third-order valence-corrected chi connectivity index (χ3v) is 4.45. The standard InChI is InChI=1S/C16H13ClN2OS/c1-19(10-12-7-8-14(17)21-12)16(20)13-6-2-4-11-5-3-9-18-15(11)13/h2-9H,10H2,1H3. The van der Waals surface area contributed by atoms with Gasteiger partial charge in [0, 0.05) is 23.5 Å². The fourth-order valence-electron chi connectivity index (χ4n) is 2.22. The SMILES string of the molecule is CN(Cc1ccc(Cl)s1)C(=O)c1cccc2cccnc12. The van der Waals surface area contributed by atoms with Crippen molar-refractivity contribution >= 4 is 39.7 Å². The summed E-state index contributed by atoms with van der Waals surface area (Å²) >= 11 is 7.41. The van der Waals surface area contributed by atoms with E-state index in [0.29, 0.717) is 12.1 Å². The first kappa shape index (κ1) is 14.0. The Morgan fingerprint density at radius 2 is 2.05 bits per heavy atom. The highest BCUT2D eigenvalue weighted by molar-refractivity contribution is 7.16. The fourth-order valence-corrected chi connectivity index (χ4v) is 3.37. The predicted octanol–water partition coefficient (Wildman–Crippen LogP) is 4.22. The second-order valence-electron chi connectivity index (χ2n) is 4.75. The molecule has 2 aromatic heterocycles. The average Bonchev–Trinajstić information content (AvgIpc) is 2.91. The lowest BCUT2D eigenvalue weighted by Gasteiger charge is -2.17. The Kier molecular flexibility index (Phi) is 3.90. The zero-order chi connectivity index (χ0) is 14.8. The van der Waals surface area contributed by atoms with Gasteiger partial charge in [-0.15, -0.1) is 11.3 Å². The van der Waals surface area contributed by atoms with Crippen LogP contribution in [0.4, 0.5) is 0 Å². The van der Waals surface area contributed by atoms with Gasteiger partial charge in [-0.1, -0.05) is 29.8 Å². The van der Waals surface area contributed by atoms with Crippen LogP contribution < -0.4 is 0 Å². The minimum atomic E-state index is -0.0381. The quantitative estimate of drug-likeness (QED) is 0.724. The van der Waals surface area contributed by atoms with E-state index in [2.05, 4.69) is 4.98 Å². The van der Waals surface area contributed by atoms with E-state index in [0.717, 1.165) is 20.1 Å². The van der Waals surface area contributed by atoms with Crippen molar-refractivity contribution in [3.8, 4) is 0 Å². The summed E-state index contributed by atoms with van der Waals surface area (Å²) in [5.74, 6) is -0.0381. The van der Waals surface area contributed by atoms with Crippen molar-refractivity contribution in [2.45, 2.75) is 6.54 Å². The van der Waals surface area contributed by atoms with E-state index >= 15 is 0 Å². The predicted molar refractivity (Wildman–Crippen MR) is 86.9 cm³/mol. The largest absolute Gasteiger partial charge is 0.336 e. The van der Waals surface area contributed by atoms with Gasteiger partial charge in [-0.3, -0.25) is 9.78 Å². The highest BCUT2D eigenvalue weighted by Crippen LogP contribution is 2.23. The highest BCUT2D eigenvalue weighted by atomic mass is 35.5. The monoisotopic (exact) mass is 316 g/mol. The number of carbonyl (C=O) groups excluding carboxylic acids is 1. The summed E-state index contributed by atoms with van der Waals surface area (Å²) in [6.07, 6.45) is 1.71. The number of benzene rings is 1. The number of fused-ring (bicyclic) bond motifs is 1. The van der Waals surface area contributed by atoms with Gasteiger partial charge in [-0.25, -0.2) is 0 Å². The van der Waals surface area contributed by atoms with E-state index < -0.39 is 0 Å². The van der Waals surface area contributed by atoms with Gasteiger partial charge in [-0.2, -0.15) is 0 Å². The van der Waals surface area contributed by atoms with Crippen molar-refractivity contribution in [2.24, 2.45) is 0 Å². The molecular weight excluding hydrogens is 304 g/mol. The molecule has 0 atom stereocenters. The minimum absolute atomic E-state index is 0.0381. The van der Waals surface area contributed by atoms with Crippen LogP contribution >= 0.6 is 22.9 Å². The Hall–Kier alpha value is -1.91. The van der Waals surface area contributed by atoms with Crippen molar-refractivity contribution in [1.29, 1.82) is 0 Å². The Balaban J connectivity index is 1.89. The Bertz CT molecular complexity index is 794. The van der Waals surface area contributed by atoms with Crippen molar-refractivity contribution in [1.82, 2.24) is 9.88 Å². The van der Waals surface area contributed by atoms with Crippen LogP contribution in [-0.4, -0.2) is 22.8 Å². The van der Waals surface area contributed by atoms with E-state index in [1.807, 2.05) is 42.5 Å². The number of para-hydroxylation sites is 1. The number of carbonyl (C=O) groups is 1. The number of hydrogen-bond acceptors (Lipinski definition) is 3. The number of thiophene rings is 1. The summed E-state index contributed by atoms with van der Waals surface area (Å²) in [5.41, 5.74) is 1.36. The van der Waals surface area contributed by atoms with Crippen molar-refractivity contribution in [3.63, 3.8) is 0 Å². The topological polar surface area (TPSA) is 33.2 Å². The van der Waals surface area contributed by atoms with Crippen molar-refractivity contribution < 1.29 is 4.79 Å². The summed E-state index contributed by atoms with van der Waals surface area (Å²) in [6.45, 7) is 0.541. The summed E-state index contributed by atoms with van der Waals surface area (Å²) in [5, 5.41) is 0.968. The molecule has 0 unspecified atom stereocenters. The van der Waals surface area contributed by atoms with E-state index in [-0.39, 0.29) is 5.91 Å². The second kappa shape index (κ2) is 5.84. The van der Waals surface area contributed by atoms with Crippen LogP contribution in [0.5, 0.6) is 0 Å². The molecule has 0 saturated carbocycles. The molecule has 0 N–H and O–H groups in total. The van der Waals surface area contributed by atoms with E-state index in [9.17, 15) is 4.79 Å². The minimum Gasteiger partial charge on any atom is -0.336 e. The van der Waals surface area contributed by atoms with Gasteiger partial charge in [0.1, 0.15) is 0 Å². The molecule has 3 nitrogen and oxygen atoms in total. The number of amides is 1. The first-order chi connectivity index (χ1) is 10.1. The smallest absolute Gasteiger partial charge is 0.256 e. The maximum absolute atomic E-state index is 12.6. The lowest BCUT2D eigenvalue weighted by atomic mass is 10.1. The van der Waals surface area contributed by atoms with Crippen LogP contribution in [0.15, 0.2) is 48.7 Å². The lowest BCUT2D eigenvalue weighted by Crippen LogP contribution is -2.26. The zero-order valence-electron chi connectivity index (χ0n) is 11.4. The molecule has 106 valence electrons. The summed E-state index contributed by atoms with van der Waals surface area (Å²) in [6, 6.07) is 13.3. The maximum atomic E-state index is 12.6. The van der Waals surface area contributed by atoms with E-state index in [4.69, 9.17) is 11.6 Å². The summed E-state index contributed by atoms with van der Waals surface area (Å²) in [4.78, 5) is 19.7. The van der Waals surface area contributed by atoms with Crippen LogP contribution in [0.1, 0.15) is 15.2 Å². The molecule has 1 amide bonds. The molecule has 0 radical (unpaired) electrons. The van der Waals surface area contributed by atoms with Crippen LogP contribution in [0, 0.1) is 0 Å². The second-order valence-corrected chi connectivity index (χ2v) is 6.55. The first-order valence-electron chi connectivity index (χ1n) is 6.48. The van der Waals surface area contributed by atoms with Crippen LogP contribution in [0.2, 0.25) is 4.34 Å². The molecular formula is C16H13ClN2OS. The van der Waals surface area contributed by atoms with Gasteiger partial charge in [0.15, 0.2) is 0 Å². The van der Waals surface area contributed by atoms with Gasteiger partial charge < -0.3 is 4.90 Å². The van der Waals surface area contributed by atoms with Crippen LogP contribution in [-0.2, 0) is 6.54 Å². The normalized spacial score (nSPS) is 10.8. The fraction of sp³-hybridized carbons (Fsp3) is 0.125.